The van der Waals surface area contributed by atoms with Crippen molar-refractivity contribution in [2.45, 2.75) is 38.8 Å². The molecule has 1 atom stereocenters. The first-order valence-electron chi connectivity index (χ1n) is 7.43. The molecule has 1 saturated heterocycles. The first kappa shape index (κ1) is 15.7. The number of nitrogens with one attached hydrogen (secondary N) is 1. The number of hydrogen-bond acceptors (Lipinski definition) is 5. The standard InChI is InChI=1S/C15H22N2O4/c1-2-7-16-10-12-5-6-15(14(9-12)17(18)19)21-13-4-3-8-20-11-13/h5-6,9,13,16H,2-4,7-8,10-11H2,1H3. The molecule has 1 heterocycles. The topological polar surface area (TPSA) is 73.6 Å². The number of benzene rings is 1. The van der Waals surface area contributed by atoms with Crippen molar-refractivity contribution in [1.82, 2.24) is 5.32 Å². The van der Waals surface area contributed by atoms with Crippen LogP contribution in [0.3, 0.4) is 0 Å². The summed E-state index contributed by atoms with van der Waals surface area (Å²) in [6.45, 7) is 4.84. The van der Waals surface area contributed by atoms with Gasteiger partial charge in [-0.25, -0.2) is 0 Å². The van der Waals surface area contributed by atoms with Gasteiger partial charge in [0.25, 0.3) is 0 Å². The summed E-state index contributed by atoms with van der Waals surface area (Å²) in [5.41, 5.74) is 0.916. The van der Waals surface area contributed by atoms with Crippen molar-refractivity contribution in [3.63, 3.8) is 0 Å². The molecule has 0 aliphatic carbocycles. The Kier molecular flexibility index (Phi) is 5.95. The van der Waals surface area contributed by atoms with Crippen molar-refractivity contribution in [2.75, 3.05) is 19.8 Å². The van der Waals surface area contributed by atoms with Crippen LogP contribution in [0.1, 0.15) is 31.7 Å². The fourth-order valence-corrected chi connectivity index (χ4v) is 2.31. The highest BCUT2D eigenvalue weighted by atomic mass is 16.6. The smallest absolute Gasteiger partial charge is 0.311 e. The van der Waals surface area contributed by atoms with Crippen LogP contribution in [0.15, 0.2) is 18.2 Å². The molecule has 1 unspecified atom stereocenters. The van der Waals surface area contributed by atoms with Gasteiger partial charge in [-0.3, -0.25) is 10.1 Å². The molecule has 0 bridgehead atoms. The lowest BCUT2D eigenvalue weighted by Gasteiger charge is -2.23. The lowest BCUT2D eigenvalue weighted by molar-refractivity contribution is -0.386. The SMILES string of the molecule is CCCNCc1ccc(OC2CCCOC2)c([N+](=O)[O-])c1. The van der Waals surface area contributed by atoms with Crippen molar-refractivity contribution in [3.05, 3.63) is 33.9 Å². The minimum Gasteiger partial charge on any atom is -0.481 e. The number of nitro groups is 1. The van der Waals surface area contributed by atoms with Crippen LogP contribution in [-0.4, -0.2) is 30.8 Å². The number of nitrogens with zero attached hydrogens (tertiary/aromatic N) is 1. The van der Waals surface area contributed by atoms with Gasteiger partial charge >= 0.3 is 5.69 Å². The second-order valence-corrected chi connectivity index (χ2v) is 5.19. The summed E-state index contributed by atoms with van der Waals surface area (Å²) < 4.78 is 11.1. The van der Waals surface area contributed by atoms with E-state index in [4.69, 9.17) is 9.47 Å². The largest absolute Gasteiger partial charge is 0.481 e. The first-order valence-corrected chi connectivity index (χ1v) is 7.43. The monoisotopic (exact) mass is 294 g/mol. The summed E-state index contributed by atoms with van der Waals surface area (Å²) in [7, 11) is 0. The molecular weight excluding hydrogens is 272 g/mol. The molecule has 0 radical (unpaired) electrons. The Morgan fingerprint density at radius 3 is 3.05 bits per heavy atom. The number of nitro benzene ring substituents is 1. The summed E-state index contributed by atoms with van der Waals surface area (Å²) in [5, 5.41) is 14.5. The van der Waals surface area contributed by atoms with Gasteiger partial charge in [0.2, 0.25) is 0 Å². The molecule has 1 aliphatic rings. The van der Waals surface area contributed by atoms with Crippen molar-refractivity contribution in [2.24, 2.45) is 0 Å². The van der Waals surface area contributed by atoms with E-state index in [1.165, 1.54) is 0 Å². The summed E-state index contributed by atoms with van der Waals surface area (Å²) in [5.74, 6) is 0.328. The second kappa shape index (κ2) is 7.95. The molecule has 1 aromatic carbocycles. The Balaban J connectivity index is 2.07. The minimum absolute atomic E-state index is 0.0244. The van der Waals surface area contributed by atoms with E-state index < -0.39 is 0 Å². The third kappa shape index (κ3) is 4.68. The normalized spacial score (nSPS) is 18.4. The second-order valence-electron chi connectivity index (χ2n) is 5.19. The van der Waals surface area contributed by atoms with E-state index in [2.05, 4.69) is 12.2 Å². The molecule has 6 heteroatoms. The van der Waals surface area contributed by atoms with E-state index in [1.807, 2.05) is 6.07 Å². The zero-order chi connectivity index (χ0) is 15.1. The molecule has 1 N–H and O–H groups in total. The van der Waals surface area contributed by atoms with Gasteiger partial charge in [0.1, 0.15) is 6.10 Å². The zero-order valence-electron chi connectivity index (χ0n) is 12.3. The zero-order valence-corrected chi connectivity index (χ0v) is 12.3. The Hall–Kier alpha value is -1.66. The van der Waals surface area contributed by atoms with Crippen LogP contribution < -0.4 is 10.1 Å². The van der Waals surface area contributed by atoms with Gasteiger partial charge in [-0.2, -0.15) is 0 Å². The van der Waals surface area contributed by atoms with E-state index >= 15 is 0 Å². The van der Waals surface area contributed by atoms with Crippen LogP contribution in [0.2, 0.25) is 0 Å². The van der Waals surface area contributed by atoms with E-state index in [0.29, 0.717) is 18.9 Å². The van der Waals surface area contributed by atoms with Crippen LogP contribution >= 0.6 is 0 Å². The molecule has 1 aliphatic heterocycles. The summed E-state index contributed by atoms with van der Waals surface area (Å²) >= 11 is 0. The van der Waals surface area contributed by atoms with Crippen molar-refractivity contribution >= 4 is 5.69 Å². The Morgan fingerprint density at radius 1 is 1.52 bits per heavy atom. The maximum atomic E-state index is 11.2. The highest BCUT2D eigenvalue weighted by Crippen LogP contribution is 2.30. The predicted octanol–water partition coefficient (Wildman–Crippen LogP) is 2.65. The highest BCUT2D eigenvalue weighted by Gasteiger charge is 2.21. The molecule has 21 heavy (non-hydrogen) atoms. The maximum absolute atomic E-state index is 11.2. The number of hydrogen-bond donors (Lipinski definition) is 1. The van der Waals surface area contributed by atoms with E-state index in [0.717, 1.165) is 38.0 Å². The van der Waals surface area contributed by atoms with Crippen molar-refractivity contribution < 1.29 is 14.4 Å². The summed E-state index contributed by atoms with van der Waals surface area (Å²) in [4.78, 5) is 10.8. The van der Waals surface area contributed by atoms with E-state index in [1.54, 1.807) is 12.1 Å². The molecule has 0 amide bonds. The lowest BCUT2D eigenvalue weighted by Crippen LogP contribution is -2.28. The van der Waals surface area contributed by atoms with Gasteiger partial charge in [0.15, 0.2) is 5.75 Å². The van der Waals surface area contributed by atoms with Gasteiger partial charge in [-0.1, -0.05) is 13.0 Å². The lowest BCUT2D eigenvalue weighted by atomic mass is 10.1. The van der Waals surface area contributed by atoms with Crippen LogP contribution in [-0.2, 0) is 11.3 Å². The van der Waals surface area contributed by atoms with Gasteiger partial charge < -0.3 is 14.8 Å². The molecule has 0 spiro atoms. The van der Waals surface area contributed by atoms with Gasteiger partial charge in [-0.15, -0.1) is 0 Å². The molecule has 2 rings (SSSR count). The first-order chi connectivity index (χ1) is 10.2. The minimum atomic E-state index is -0.387. The number of rotatable bonds is 7. The van der Waals surface area contributed by atoms with Crippen molar-refractivity contribution in [3.8, 4) is 5.75 Å². The fourth-order valence-electron chi connectivity index (χ4n) is 2.31. The third-order valence-electron chi connectivity index (χ3n) is 3.39. The van der Waals surface area contributed by atoms with Crippen molar-refractivity contribution in [1.29, 1.82) is 0 Å². The predicted molar refractivity (Wildman–Crippen MR) is 79.6 cm³/mol. The highest BCUT2D eigenvalue weighted by molar-refractivity contribution is 5.48. The average Bonchev–Trinajstić information content (AvgIpc) is 2.50. The molecule has 1 aromatic rings. The quantitative estimate of drug-likeness (QED) is 0.475. The van der Waals surface area contributed by atoms with Crippen LogP contribution in [0, 0.1) is 10.1 Å². The van der Waals surface area contributed by atoms with Gasteiger partial charge in [0.05, 0.1) is 11.5 Å². The molecular formula is C15H22N2O4. The third-order valence-corrected chi connectivity index (χ3v) is 3.39. The fraction of sp³-hybridized carbons (Fsp3) is 0.600. The number of ether oxygens (including phenoxy) is 2. The van der Waals surface area contributed by atoms with E-state index in [-0.39, 0.29) is 16.7 Å². The Morgan fingerprint density at radius 2 is 2.38 bits per heavy atom. The summed E-state index contributed by atoms with van der Waals surface area (Å²) in [6, 6.07) is 5.14. The summed E-state index contributed by atoms with van der Waals surface area (Å²) in [6.07, 6.45) is 2.74. The molecule has 0 aromatic heterocycles. The molecule has 116 valence electrons. The van der Waals surface area contributed by atoms with Crippen LogP contribution in [0.25, 0.3) is 0 Å². The van der Waals surface area contributed by atoms with Crippen LogP contribution in [0.5, 0.6) is 5.75 Å². The Labute approximate surface area is 124 Å². The Bertz CT molecular complexity index is 473. The van der Waals surface area contributed by atoms with E-state index in [9.17, 15) is 10.1 Å². The van der Waals surface area contributed by atoms with Gasteiger partial charge in [0, 0.05) is 19.2 Å². The molecule has 1 fully saturated rings. The molecule has 6 nitrogen and oxygen atoms in total. The maximum Gasteiger partial charge on any atom is 0.311 e. The van der Waals surface area contributed by atoms with Gasteiger partial charge in [-0.05, 0) is 37.4 Å². The van der Waals surface area contributed by atoms with Crippen LogP contribution in [0.4, 0.5) is 5.69 Å². The average molecular weight is 294 g/mol. The molecule has 0 saturated carbocycles.